The summed E-state index contributed by atoms with van der Waals surface area (Å²) in [4.78, 5) is 23.1. The zero-order valence-corrected chi connectivity index (χ0v) is 22.5. The van der Waals surface area contributed by atoms with Crippen LogP contribution in [0.25, 0.3) is 6.08 Å². The van der Waals surface area contributed by atoms with Crippen molar-refractivity contribution in [2.24, 2.45) is 4.99 Å². The van der Waals surface area contributed by atoms with Crippen LogP contribution in [0.1, 0.15) is 49.7 Å². The Bertz CT molecular complexity index is 1520. The fourth-order valence-corrected chi connectivity index (χ4v) is 5.56. The number of aromatic nitrogens is 1. The van der Waals surface area contributed by atoms with Gasteiger partial charge >= 0.3 is 0 Å². The fraction of sp³-hybridized carbons (Fsp3) is 0.375. The number of pyridine rings is 1. The number of benzene rings is 2. The van der Waals surface area contributed by atoms with Gasteiger partial charge in [-0.05, 0) is 85.7 Å². The average molecular weight is 508 g/mol. The van der Waals surface area contributed by atoms with Crippen molar-refractivity contribution in [3.8, 4) is 0 Å². The van der Waals surface area contributed by atoms with Gasteiger partial charge in [0.2, 0.25) is 0 Å². The van der Waals surface area contributed by atoms with E-state index in [0.717, 1.165) is 61.2 Å². The molecule has 38 heavy (non-hydrogen) atoms. The number of rotatable bonds is 7. The quantitative estimate of drug-likeness (QED) is 0.524. The normalized spacial score (nSPS) is 17.9. The molecule has 1 N–H and O–H groups in total. The van der Waals surface area contributed by atoms with Gasteiger partial charge < -0.3 is 15.1 Å². The van der Waals surface area contributed by atoms with Crippen LogP contribution >= 0.6 is 0 Å². The maximum Gasteiger partial charge on any atom is 0.252 e. The lowest BCUT2D eigenvalue weighted by Gasteiger charge is -2.34. The highest BCUT2D eigenvalue weighted by molar-refractivity contribution is 5.58. The third-order valence-corrected chi connectivity index (χ3v) is 8.13. The number of piperazine rings is 1. The second-order valence-corrected chi connectivity index (χ2v) is 10.8. The molecule has 0 amide bonds. The number of likely N-dealkylation sites (N-methyl/N-ethyl adjacent to an activating group) is 1. The van der Waals surface area contributed by atoms with Crippen molar-refractivity contribution >= 4 is 17.5 Å². The molecule has 0 unspecified atom stereocenters. The Balaban J connectivity index is 1.33. The molecule has 0 radical (unpaired) electrons. The summed E-state index contributed by atoms with van der Waals surface area (Å²) in [7, 11) is 2.18. The zero-order chi connectivity index (χ0) is 26.1. The van der Waals surface area contributed by atoms with Gasteiger partial charge in [0.25, 0.3) is 5.56 Å². The van der Waals surface area contributed by atoms with E-state index in [1.54, 1.807) is 6.07 Å². The summed E-state index contributed by atoms with van der Waals surface area (Å²) in [5.41, 5.74) is 6.83. The summed E-state index contributed by atoms with van der Waals surface area (Å²) in [6.45, 7) is 7.00. The molecule has 196 valence electrons. The summed E-state index contributed by atoms with van der Waals surface area (Å²) in [6, 6.07) is 20.8. The molecule has 0 spiro atoms. The van der Waals surface area contributed by atoms with Gasteiger partial charge in [-0.1, -0.05) is 37.3 Å². The van der Waals surface area contributed by atoms with Gasteiger partial charge in [0, 0.05) is 48.8 Å². The molecule has 2 aromatic carbocycles. The molecule has 1 aromatic heterocycles. The molecule has 2 aliphatic heterocycles. The minimum absolute atomic E-state index is 0.0117. The molecule has 1 saturated carbocycles. The fourth-order valence-electron chi connectivity index (χ4n) is 5.56. The van der Waals surface area contributed by atoms with Crippen molar-refractivity contribution in [2.75, 3.05) is 43.4 Å². The topological polar surface area (TPSA) is 52.9 Å². The second kappa shape index (κ2) is 10.6. The molecule has 3 heterocycles. The Kier molecular flexibility index (Phi) is 6.90. The molecule has 6 heteroatoms. The monoisotopic (exact) mass is 507 g/mol. The average Bonchev–Trinajstić information content (AvgIpc) is 3.79. The number of hydrogen-bond donors (Lipinski definition) is 1. The second-order valence-electron chi connectivity index (χ2n) is 10.8. The molecule has 3 aliphatic rings. The maximum absolute atomic E-state index is 13.2. The van der Waals surface area contributed by atoms with E-state index in [4.69, 9.17) is 4.99 Å². The number of hydrogen-bond acceptors (Lipinski definition) is 5. The summed E-state index contributed by atoms with van der Waals surface area (Å²) in [5, 5.41) is 4.62. The molecule has 6 nitrogen and oxygen atoms in total. The van der Waals surface area contributed by atoms with Crippen LogP contribution in [0, 0.1) is 0 Å². The molecular formula is C32H37N5O. The molecule has 2 fully saturated rings. The van der Waals surface area contributed by atoms with Crippen LogP contribution in [-0.2, 0) is 6.54 Å². The van der Waals surface area contributed by atoms with Gasteiger partial charge in [0.15, 0.2) is 0 Å². The van der Waals surface area contributed by atoms with Gasteiger partial charge in [-0.3, -0.25) is 9.36 Å². The van der Waals surface area contributed by atoms with Crippen molar-refractivity contribution in [2.45, 2.75) is 45.1 Å². The summed E-state index contributed by atoms with van der Waals surface area (Å²) >= 11 is 0. The predicted molar refractivity (Wildman–Crippen MR) is 155 cm³/mol. The molecule has 0 atom stereocenters. The largest absolute Gasteiger partial charge is 0.369 e. The molecule has 1 aliphatic carbocycles. The van der Waals surface area contributed by atoms with E-state index in [9.17, 15) is 4.79 Å². The standard InChI is InChI=1S/C32H37N5O/c1-3-23-8-11-25-12-17-30(38)37(22-26-6-4-5-7-29(26)24-9-10-24)32(25)34-31(23)33-27-13-15-28(16-14-27)36-20-18-35(2)19-21-36/h4-7,11-17,24,33H,3,8-10,18-22H2,1-2H3. The molecule has 3 aromatic rings. The van der Waals surface area contributed by atoms with Crippen LogP contribution in [0.2, 0.25) is 0 Å². The molecule has 0 bridgehead atoms. The smallest absolute Gasteiger partial charge is 0.252 e. The van der Waals surface area contributed by atoms with E-state index < -0.39 is 0 Å². The first-order chi connectivity index (χ1) is 18.6. The highest BCUT2D eigenvalue weighted by atomic mass is 16.1. The predicted octanol–water partition coefficient (Wildman–Crippen LogP) is 4.06. The van der Waals surface area contributed by atoms with Gasteiger partial charge in [-0.2, -0.15) is 0 Å². The van der Waals surface area contributed by atoms with Crippen molar-refractivity contribution < 1.29 is 0 Å². The number of nitrogens with zero attached hydrogens (tertiary/aromatic N) is 4. The minimum atomic E-state index is -0.0117. The van der Waals surface area contributed by atoms with Crippen LogP contribution in [0.15, 0.2) is 81.8 Å². The SMILES string of the molecule is CCC1=C(Nc2ccc(N3CCN(C)CC3)cc2)N=c2c(ccc(=O)n2Cc2ccccc2C2CC2)=CC1. The number of fused-ring (bicyclic) bond motifs is 1. The Morgan fingerprint density at radius 2 is 1.71 bits per heavy atom. The molecular weight excluding hydrogens is 470 g/mol. The van der Waals surface area contributed by atoms with E-state index in [2.05, 4.69) is 83.7 Å². The highest BCUT2D eigenvalue weighted by Gasteiger charge is 2.26. The Labute approximate surface area is 224 Å². The Hall–Kier alpha value is -3.64. The minimum Gasteiger partial charge on any atom is -0.369 e. The van der Waals surface area contributed by atoms with Crippen molar-refractivity contribution in [1.82, 2.24) is 9.47 Å². The highest BCUT2D eigenvalue weighted by Crippen LogP contribution is 2.41. The number of allylic oxidation sites excluding steroid dienone is 1. The van der Waals surface area contributed by atoms with Crippen molar-refractivity contribution in [1.29, 1.82) is 0 Å². The van der Waals surface area contributed by atoms with Gasteiger partial charge in [0.05, 0.1) is 6.54 Å². The van der Waals surface area contributed by atoms with Crippen molar-refractivity contribution in [3.05, 3.63) is 104 Å². The third kappa shape index (κ3) is 5.18. The molecule has 1 saturated heterocycles. The Morgan fingerprint density at radius 3 is 2.45 bits per heavy atom. The van der Waals surface area contributed by atoms with E-state index in [-0.39, 0.29) is 5.56 Å². The lowest BCUT2D eigenvalue weighted by atomic mass is 10.0. The number of anilines is 2. The van der Waals surface area contributed by atoms with Gasteiger partial charge in [-0.15, -0.1) is 0 Å². The first-order valence-electron chi connectivity index (χ1n) is 14.0. The zero-order valence-electron chi connectivity index (χ0n) is 22.5. The number of nitrogens with one attached hydrogen (secondary N) is 1. The maximum atomic E-state index is 13.2. The molecule has 6 rings (SSSR count). The first-order valence-corrected chi connectivity index (χ1v) is 14.0. The van der Waals surface area contributed by atoms with E-state index in [1.807, 2.05) is 10.6 Å². The van der Waals surface area contributed by atoms with E-state index in [0.29, 0.717) is 12.5 Å². The third-order valence-electron chi connectivity index (χ3n) is 8.13. The van der Waals surface area contributed by atoms with E-state index in [1.165, 1.54) is 35.2 Å². The van der Waals surface area contributed by atoms with Gasteiger partial charge in [-0.25, -0.2) is 4.99 Å². The van der Waals surface area contributed by atoms with Crippen LogP contribution in [0.4, 0.5) is 11.4 Å². The summed E-state index contributed by atoms with van der Waals surface area (Å²) in [6.07, 6.45) is 6.39. The van der Waals surface area contributed by atoms with Crippen LogP contribution < -0.4 is 26.5 Å². The van der Waals surface area contributed by atoms with E-state index >= 15 is 0 Å². The first kappa shape index (κ1) is 24.7. The van der Waals surface area contributed by atoms with Crippen molar-refractivity contribution in [3.63, 3.8) is 0 Å². The van der Waals surface area contributed by atoms with Crippen LogP contribution in [0.5, 0.6) is 0 Å². The lowest BCUT2D eigenvalue weighted by Crippen LogP contribution is -2.44. The lowest BCUT2D eigenvalue weighted by molar-refractivity contribution is 0.313. The van der Waals surface area contributed by atoms with Crippen LogP contribution in [-0.4, -0.2) is 42.7 Å². The summed E-state index contributed by atoms with van der Waals surface area (Å²) < 4.78 is 1.85. The van der Waals surface area contributed by atoms with Gasteiger partial charge in [0.1, 0.15) is 11.3 Å². The Morgan fingerprint density at radius 1 is 0.947 bits per heavy atom. The summed E-state index contributed by atoms with van der Waals surface area (Å²) in [5.74, 6) is 1.48. The van der Waals surface area contributed by atoms with Crippen LogP contribution in [0.3, 0.4) is 0 Å².